The molecule has 0 aromatic heterocycles. The largest absolute Gasteiger partial charge is 0.489 e. The summed E-state index contributed by atoms with van der Waals surface area (Å²) in [6.07, 6.45) is 1.57. The molecule has 6 heteroatoms. The second-order valence-corrected chi connectivity index (χ2v) is 8.87. The van der Waals surface area contributed by atoms with E-state index in [1.807, 2.05) is 60.7 Å². The number of nitrogens with zero attached hydrogens (tertiary/aromatic N) is 1. The van der Waals surface area contributed by atoms with Crippen LogP contribution in [-0.4, -0.2) is 12.1 Å². The van der Waals surface area contributed by atoms with Crippen molar-refractivity contribution in [2.45, 2.75) is 20.1 Å². The zero-order chi connectivity index (χ0) is 24.5. The lowest BCUT2D eigenvalue weighted by molar-refractivity contribution is 0.0955. The Morgan fingerprint density at radius 1 is 0.857 bits per heavy atom. The van der Waals surface area contributed by atoms with Crippen molar-refractivity contribution in [3.05, 3.63) is 129 Å². The minimum absolute atomic E-state index is 0.312. The van der Waals surface area contributed by atoms with Crippen LogP contribution in [0.3, 0.4) is 0 Å². The van der Waals surface area contributed by atoms with Gasteiger partial charge >= 0.3 is 0 Å². The highest BCUT2D eigenvalue weighted by Crippen LogP contribution is 2.23. The molecule has 0 unspecified atom stereocenters. The van der Waals surface area contributed by atoms with Gasteiger partial charge in [-0.3, -0.25) is 4.79 Å². The van der Waals surface area contributed by atoms with Crippen molar-refractivity contribution in [2.75, 3.05) is 0 Å². The van der Waals surface area contributed by atoms with Crippen LogP contribution in [0.4, 0.5) is 0 Å². The molecule has 4 aromatic rings. The van der Waals surface area contributed by atoms with Gasteiger partial charge in [-0.05, 0) is 60.5 Å². The molecule has 1 amide bonds. The Kier molecular flexibility index (Phi) is 8.30. The number of hydrogen-bond acceptors (Lipinski definition) is 4. The number of benzene rings is 4. The Morgan fingerprint density at radius 3 is 2.29 bits per heavy atom. The number of hydrogen-bond donors (Lipinski definition) is 1. The molecule has 4 aromatic carbocycles. The monoisotopic (exact) mass is 528 g/mol. The highest BCUT2D eigenvalue weighted by atomic mass is 79.9. The fraction of sp³-hybridized carbons (Fsp3) is 0.103. The minimum atomic E-state index is -0.312. The first-order chi connectivity index (χ1) is 17.1. The normalized spacial score (nSPS) is 10.8. The van der Waals surface area contributed by atoms with Crippen molar-refractivity contribution >= 4 is 28.1 Å². The van der Waals surface area contributed by atoms with Crippen molar-refractivity contribution in [3.63, 3.8) is 0 Å². The molecule has 1 N–H and O–H groups in total. The number of ether oxygens (including phenoxy) is 2. The van der Waals surface area contributed by atoms with Gasteiger partial charge in [-0.15, -0.1) is 0 Å². The van der Waals surface area contributed by atoms with Crippen LogP contribution >= 0.6 is 15.9 Å². The Balaban J connectivity index is 1.33. The first kappa shape index (κ1) is 24.2. The molecule has 0 aliphatic heterocycles. The Bertz CT molecular complexity index is 1290. The summed E-state index contributed by atoms with van der Waals surface area (Å²) in [5.74, 6) is 1.05. The fourth-order valence-corrected chi connectivity index (χ4v) is 3.64. The summed E-state index contributed by atoms with van der Waals surface area (Å²) < 4.78 is 12.6. The van der Waals surface area contributed by atoms with Crippen LogP contribution in [-0.2, 0) is 13.2 Å². The standard InChI is InChI=1S/C29H25BrN2O3/c1-21-7-9-23(10-8-21)19-34-27-14-11-24(12-15-27)29(33)32-31-18-25-17-26(30)13-16-28(25)35-20-22-5-3-2-4-6-22/h2-18H,19-20H2,1H3,(H,32,33)/b31-18+. The van der Waals surface area contributed by atoms with E-state index in [4.69, 9.17) is 9.47 Å². The van der Waals surface area contributed by atoms with Crippen LogP contribution in [0.25, 0.3) is 0 Å². The summed E-state index contributed by atoms with van der Waals surface area (Å²) >= 11 is 3.47. The van der Waals surface area contributed by atoms with Gasteiger partial charge in [0.1, 0.15) is 24.7 Å². The van der Waals surface area contributed by atoms with E-state index in [1.54, 1.807) is 30.5 Å². The van der Waals surface area contributed by atoms with Crippen LogP contribution in [0.1, 0.15) is 32.6 Å². The summed E-state index contributed by atoms with van der Waals surface area (Å²) in [5.41, 5.74) is 7.17. The molecule has 0 fully saturated rings. The molecule has 4 rings (SSSR count). The fourth-order valence-electron chi connectivity index (χ4n) is 3.27. The molecule has 0 radical (unpaired) electrons. The van der Waals surface area contributed by atoms with Crippen LogP contribution < -0.4 is 14.9 Å². The average molecular weight is 529 g/mol. The van der Waals surface area contributed by atoms with Crippen LogP contribution in [0.15, 0.2) is 107 Å². The van der Waals surface area contributed by atoms with E-state index < -0.39 is 0 Å². The first-order valence-electron chi connectivity index (χ1n) is 11.1. The van der Waals surface area contributed by atoms with Crippen LogP contribution in [0, 0.1) is 6.92 Å². The molecule has 0 heterocycles. The maximum absolute atomic E-state index is 12.5. The van der Waals surface area contributed by atoms with Gasteiger partial charge in [0.05, 0.1) is 6.21 Å². The summed E-state index contributed by atoms with van der Waals surface area (Å²) in [4.78, 5) is 12.5. The van der Waals surface area contributed by atoms with E-state index in [1.165, 1.54) is 5.56 Å². The number of aryl methyl sites for hydroxylation is 1. The Labute approximate surface area is 213 Å². The average Bonchev–Trinajstić information content (AvgIpc) is 2.89. The Morgan fingerprint density at radius 2 is 1.54 bits per heavy atom. The topological polar surface area (TPSA) is 59.9 Å². The third kappa shape index (κ3) is 7.29. The molecular formula is C29H25BrN2O3. The van der Waals surface area contributed by atoms with Gasteiger partial charge in [0.2, 0.25) is 0 Å². The number of nitrogens with one attached hydrogen (secondary N) is 1. The SMILES string of the molecule is Cc1ccc(COc2ccc(C(=O)N/N=C/c3cc(Br)ccc3OCc3ccccc3)cc2)cc1. The van der Waals surface area contributed by atoms with E-state index in [9.17, 15) is 4.79 Å². The lowest BCUT2D eigenvalue weighted by Crippen LogP contribution is -2.17. The molecular weight excluding hydrogens is 504 g/mol. The summed E-state index contributed by atoms with van der Waals surface area (Å²) in [5, 5.41) is 4.12. The van der Waals surface area contributed by atoms with Crippen molar-refractivity contribution in [2.24, 2.45) is 5.10 Å². The Hall–Kier alpha value is -3.90. The highest BCUT2D eigenvalue weighted by molar-refractivity contribution is 9.10. The second-order valence-electron chi connectivity index (χ2n) is 7.95. The summed E-state index contributed by atoms with van der Waals surface area (Å²) in [7, 11) is 0. The van der Waals surface area contributed by atoms with Crippen LogP contribution in [0.5, 0.6) is 11.5 Å². The molecule has 0 saturated carbocycles. The zero-order valence-electron chi connectivity index (χ0n) is 19.3. The number of hydrazone groups is 1. The quantitative estimate of drug-likeness (QED) is 0.194. The zero-order valence-corrected chi connectivity index (χ0v) is 20.9. The van der Waals surface area contributed by atoms with Gasteiger partial charge in [0, 0.05) is 15.6 Å². The number of carbonyl (C=O) groups is 1. The van der Waals surface area contributed by atoms with Gasteiger partial charge in [0.15, 0.2) is 0 Å². The van der Waals surface area contributed by atoms with Gasteiger partial charge < -0.3 is 9.47 Å². The molecule has 0 aliphatic rings. The number of rotatable bonds is 9. The molecule has 0 bridgehead atoms. The van der Waals surface area contributed by atoms with E-state index in [0.29, 0.717) is 30.3 Å². The van der Waals surface area contributed by atoms with Gasteiger partial charge in [-0.1, -0.05) is 76.1 Å². The van der Waals surface area contributed by atoms with Crippen molar-refractivity contribution in [3.8, 4) is 11.5 Å². The smallest absolute Gasteiger partial charge is 0.271 e. The molecule has 0 spiro atoms. The third-order valence-corrected chi connectivity index (χ3v) is 5.71. The lowest BCUT2D eigenvalue weighted by atomic mass is 10.2. The van der Waals surface area contributed by atoms with Gasteiger partial charge in [-0.25, -0.2) is 5.43 Å². The van der Waals surface area contributed by atoms with E-state index >= 15 is 0 Å². The lowest BCUT2D eigenvalue weighted by Gasteiger charge is -2.10. The molecule has 176 valence electrons. The van der Waals surface area contributed by atoms with E-state index in [-0.39, 0.29) is 5.91 Å². The summed E-state index contributed by atoms with van der Waals surface area (Å²) in [6.45, 7) is 2.96. The van der Waals surface area contributed by atoms with Crippen molar-refractivity contribution < 1.29 is 14.3 Å². The predicted octanol–water partition coefficient (Wildman–Crippen LogP) is 6.68. The molecule has 0 atom stereocenters. The first-order valence-corrected chi connectivity index (χ1v) is 11.9. The minimum Gasteiger partial charge on any atom is -0.489 e. The van der Waals surface area contributed by atoms with Gasteiger partial charge in [-0.2, -0.15) is 5.10 Å². The van der Waals surface area contributed by atoms with Crippen molar-refractivity contribution in [1.29, 1.82) is 0 Å². The van der Waals surface area contributed by atoms with Gasteiger partial charge in [0.25, 0.3) is 5.91 Å². The number of carbonyl (C=O) groups excluding carboxylic acids is 1. The maximum atomic E-state index is 12.5. The highest BCUT2D eigenvalue weighted by Gasteiger charge is 2.07. The summed E-state index contributed by atoms with van der Waals surface area (Å²) in [6, 6.07) is 30.7. The second kappa shape index (κ2) is 12.0. The molecule has 5 nitrogen and oxygen atoms in total. The van der Waals surface area contributed by atoms with E-state index in [2.05, 4.69) is 45.5 Å². The number of amides is 1. The number of halogens is 1. The van der Waals surface area contributed by atoms with Crippen LogP contribution in [0.2, 0.25) is 0 Å². The predicted molar refractivity (Wildman–Crippen MR) is 142 cm³/mol. The molecule has 0 aliphatic carbocycles. The molecule has 0 saturated heterocycles. The molecule has 35 heavy (non-hydrogen) atoms. The maximum Gasteiger partial charge on any atom is 0.271 e. The van der Waals surface area contributed by atoms with Crippen molar-refractivity contribution in [1.82, 2.24) is 5.43 Å². The van der Waals surface area contributed by atoms with E-state index in [0.717, 1.165) is 21.2 Å². The third-order valence-electron chi connectivity index (χ3n) is 5.22.